The van der Waals surface area contributed by atoms with Gasteiger partial charge in [0.2, 0.25) is 5.16 Å². The molecule has 6 heteroatoms. The van der Waals surface area contributed by atoms with Crippen molar-refractivity contribution in [2.75, 3.05) is 11.5 Å². The summed E-state index contributed by atoms with van der Waals surface area (Å²) in [5.74, 6) is 2.64. The van der Waals surface area contributed by atoms with Crippen LogP contribution >= 0.6 is 24.4 Å². The van der Waals surface area contributed by atoms with E-state index in [2.05, 4.69) is 35.1 Å². The quantitative estimate of drug-likeness (QED) is 0.598. The van der Waals surface area contributed by atoms with Crippen molar-refractivity contribution in [2.45, 2.75) is 24.9 Å². The molecule has 0 radical (unpaired) electrons. The van der Waals surface area contributed by atoms with Gasteiger partial charge in [0.25, 0.3) is 0 Å². The van der Waals surface area contributed by atoms with Gasteiger partial charge in [0.15, 0.2) is 0 Å². The third-order valence-corrected chi connectivity index (χ3v) is 3.74. The van der Waals surface area contributed by atoms with Gasteiger partial charge in [-0.25, -0.2) is 4.68 Å². The molecule has 0 aliphatic carbocycles. The number of hydrogen-bond acceptors (Lipinski definition) is 5. The monoisotopic (exact) mass is 232 g/mol. The highest BCUT2D eigenvalue weighted by molar-refractivity contribution is 7.99. The first-order chi connectivity index (χ1) is 6.77. The summed E-state index contributed by atoms with van der Waals surface area (Å²) < 4.78 is 1.70. The Bertz CT molecular complexity index is 264. The number of thioether (sulfide) groups is 1. The molecule has 0 bridgehead atoms. The number of hydrogen-bond donors (Lipinski definition) is 1. The highest BCUT2D eigenvalue weighted by Gasteiger charge is 2.09. The highest BCUT2D eigenvalue weighted by atomic mass is 32.2. The zero-order valence-electron chi connectivity index (χ0n) is 8.55. The predicted molar refractivity (Wildman–Crippen MR) is 61.8 cm³/mol. The van der Waals surface area contributed by atoms with Crippen LogP contribution in [0.15, 0.2) is 5.16 Å². The Hall–Kier alpha value is -0.230. The Morgan fingerprint density at radius 3 is 2.86 bits per heavy atom. The molecule has 14 heavy (non-hydrogen) atoms. The van der Waals surface area contributed by atoms with E-state index in [1.807, 2.05) is 7.05 Å². The van der Waals surface area contributed by atoms with Gasteiger partial charge in [-0.05, 0) is 28.5 Å². The molecule has 1 aromatic heterocycles. The molecule has 1 rings (SSSR count). The van der Waals surface area contributed by atoms with Crippen molar-refractivity contribution >= 4 is 24.4 Å². The van der Waals surface area contributed by atoms with Gasteiger partial charge in [-0.3, -0.25) is 0 Å². The molecule has 4 nitrogen and oxygen atoms in total. The van der Waals surface area contributed by atoms with Gasteiger partial charge in [-0.15, -0.1) is 5.10 Å². The van der Waals surface area contributed by atoms with Crippen LogP contribution in [-0.4, -0.2) is 31.7 Å². The summed E-state index contributed by atoms with van der Waals surface area (Å²) in [6.45, 7) is 2.20. The Labute approximate surface area is 94.2 Å². The lowest BCUT2D eigenvalue weighted by Gasteiger charge is -2.11. The van der Waals surface area contributed by atoms with Crippen LogP contribution in [0.5, 0.6) is 0 Å². The lowest BCUT2D eigenvalue weighted by Crippen LogP contribution is -2.06. The second-order valence-corrected chi connectivity index (χ2v) is 4.59. The molecule has 0 amide bonds. The van der Waals surface area contributed by atoms with Crippen LogP contribution in [-0.2, 0) is 7.05 Å². The Kier molecular flexibility index (Phi) is 5.32. The minimum Gasteiger partial charge on any atom is -0.224 e. The third kappa shape index (κ3) is 3.49. The number of tetrazole rings is 1. The summed E-state index contributed by atoms with van der Waals surface area (Å²) in [5, 5.41) is 12.2. The standard InChI is InChI=1S/C8H16N4S2/c1-3-4-7(5-13)6-14-8-9-10-11-12(8)2/h7,13H,3-6H2,1-2H3. The summed E-state index contributed by atoms with van der Waals surface area (Å²) in [6, 6.07) is 0. The normalized spacial score (nSPS) is 13.1. The molecule has 0 saturated heterocycles. The zero-order chi connectivity index (χ0) is 10.4. The number of thiol groups is 1. The minimum atomic E-state index is 0.657. The second-order valence-electron chi connectivity index (χ2n) is 3.23. The van der Waals surface area contributed by atoms with Crippen molar-refractivity contribution in [1.29, 1.82) is 0 Å². The fourth-order valence-corrected chi connectivity index (χ4v) is 2.64. The number of aromatic nitrogens is 4. The van der Waals surface area contributed by atoms with E-state index in [9.17, 15) is 0 Å². The van der Waals surface area contributed by atoms with Crippen LogP contribution in [0.2, 0.25) is 0 Å². The first-order valence-corrected chi connectivity index (χ1v) is 6.35. The number of rotatable bonds is 6. The SMILES string of the molecule is CCCC(CS)CSc1nnnn1C. The molecule has 80 valence electrons. The van der Waals surface area contributed by atoms with Crippen LogP contribution in [0.4, 0.5) is 0 Å². The molecular weight excluding hydrogens is 216 g/mol. The van der Waals surface area contributed by atoms with Gasteiger partial charge >= 0.3 is 0 Å². The molecule has 0 aliphatic heterocycles. The van der Waals surface area contributed by atoms with E-state index in [0.717, 1.165) is 16.7 Å². The smallest absolute Gasteiger partial charge is 0.209 e. The fraction of sp³-hybridized carbons (Fsp3) is 0.875. The van der Waals surface area contributed by atoms with Gasteiger partial charge in [0.1, 0.15) is 0 Å². The van der Waals surface area contributed by atoms with Gasteiger partial charge in [-0.2, -0.15) is 12.6 Å². The van der Waals surface area contributed by atoms with Crippen LogP contribution in [0.25, 0.3) is 0 Å². The van der Waals surface area contributed by atoms with Gasteiger partial charge in [0, 0.05) is 12.8 Å². The summed E-state index contributed by atoms with van der Waals surface area (Å²) in [5.41, 5.74) is 0. The van der Waals surface area contributed by atoms with E-state index in [4.69, 9.17) is 0 Å². The first kappa shape index (κ1) is 11.8. The largest absolute Gasteiger partial charge is 0.224 e. The van der Waals surface area contributed by atoms with Crippen LogP contribution in [0.1, 0.15) is 19.8 Å². The lowest BCUT2D eigenvalue weighted by atomic mass is 10.1. The van der Waals surface area contributed by atoms with Crippen LogP contribution in [0.3, 0.4) is 0 Å². The Morgan fingerprint density at radius 1 is 1.57 bits per heavy atom. The maximum absolute atomic E-state index is 4.34. The van der Waals surface area contributed by atoms with Crippen molar-refractivity contribution in [2.24, 2.45) is 13.0 Å². The summed E-state index contributed by atoms with van der Waals surface area (Å²) >= 11 is 6.04. The highest BCUT2D eigenvalue weighted by Crippen LogP contribution is 2.20. The molecule has 0 saturated carbocycles. The molecule has 1 unspecified atom stereocenters. The molecule has 0 aromatic carbocycles. The van der Waals surface area contributed by atoms with E-state index in [1.54, 1.807) is 16.4 Å². The maximum Gasteiger partial charge on any atom is 0.209 e. The number of aryl methyl sites for hydroxylation is 1. The Balaban J connectivity index is 2.35. The van der Waals surface area contributed by atoms with E-state index in [-0.39, 0.29) is 0 Å². The topological polar surface area (TPSA) is 43.6 Å². The fourth-order valence-electron chi connectivity index (χ4n) is 1.17. The van der Waals surface area contributed by atoms with Crippen molar-refractivity contribution < 1.29 is 0 Å². The van der Waals surface area contributed by atoms with Crippen molar-refractivity contribution in [3.05, 3.63) is 0 Å². The van der Waals surface area contributed by atoms with Crippen molar-refractivity contribution in [1.82, 2.24) is 20.2 Å². The van der Waals surface area contributed by atoms with Gasteiger partial charge in [0.05, 0.1) is 0 Å². The molecule has 1 atom stereocenters. The molecule has 0 aliphatic rings. The molecule has 0 N–H and O–H groups in total. The molecule has 0 spiro atoms. The second kappa shape index (κ2) is 6.29. The lowest BCUT2D eigenvalue weighted by molar-refractivity contribution is 0.593. The third-order valence-electron chi connectivity index (χ3n) is 1.98. The average Bonchev–Trinajstić information content (AvgIpc) is 2.59. The van der Waals surface area contributed by atoms with Crippen LogP contribution in [0, 0.1) is 5.92 Å². The Morgan fingerprint density at radius 2 is 2.36 bits per heavy atom. The van der Waals surface area contributed by atoms with Crippen molar-refractivity contribution in [3.8, 4) is 0 Å². The van der Waals surface area contributed by atoms with Gasteiger partial charge in [-0.1, -0.05) is 25.1 Å². The first-order valence-electron chi connectivity index (χ1n) is 4.74. The predicted octanol–water partition coefficient (Wildman–Crippen LogP) is 1.65. The van der Waals surface area contributed by atoms with E-state index in [0.29, 0.717) is 5.92 Å². The van der Waals surface area contributed by atoms with Crippen molar-refractivity contribution in [3.63, 3.8) is 0 Å². The average molecular weight is 232 g/mol. The van der Waals surface area contributed by atoms with Gasteiger partial charge < -0.3 is 0 Å². The summed E-state index contributed by atoms with van der Waals surface area (Å²) in [4.78, 5) is 0. The van der Waals surface area contributed by atoms with E-state index in [1.165, 1.54) is 12.8 Å². The molecule has 1 heterocycles. The molecule has 0 fully saturated rings. The van der Waals surface area contributed by atoms with E-state index >= 15 is 0 Å². The zero-order valence-corrected chi connectivity index (χ0v) is 10.3. The molecule has 1 aromatic rings. The summed E-state index contributed by atoms with van der Waals surface area (Å²) in [7, 11) is 1.86. The van der Waals surface area contributed by atoms with Crippen LogP contribution < -0.4 is 0 Å². The number of nitrogens with zero attached hydrogens (tertiary/aromatic N) is 4. The van der Waals surface area contributed by atoms with E-state index < -0.39 is 0 Å². The molecular formula is C8H16N4S2. The summed E-state index contributed by atoms with van der Waals surface area (Å²) in [6.07, 6.45) is 2.44. The minimum absolute atomic E-state index is 0.657. The maximum atomic E-state index is 4.34.